The Bertz CT molecular complexity index is 1180. The van der Waals surface area contributed by atoms with Gasteiger partial charge in [-0.3, -0.25) is 4.79 Å². The normalized spacial score (nSPS) is 21.1. The molecule has 1 aromatic heterocycles. The van der Waals surface area contributed by atoms with Crippen LogP contribution in [0.3, 0.4) is 0 Å². The number of carbonyl (C=O) groups is 2. The van der Waals surface area contributed by atoms with Crippen LogP contribution >= 0.6 is 0 Å². The summed E-state index contributed by atoms with van der Waals surface area (Å²) < 4.78 is 52.8. The third-order valence-corrected chi connectivity index (χ3v) is 7.57. The van der Waals surface area contributed by atoms with E-state index >= 15 is 0 Å². The van der Waals surface area contributed by atoms with Gasteiger partial charge in [-0.15, -0.1) is 0 Å². The number of aromatic nitrogens is 1. The average molecular weight is 535 g/mol. The number of amides is 3. The van der Waals surface area contributed by atoms with Crippen molar-refractivity contribution >= 4 is 17.8 Å². The number of piperidine rings is 1. The van der Waals surface area contributed by atoms with Gasteiger partial charge in [0.2, 0.25) is 0 Å². The Morgan fingerprint density at radius 3 is 2.34 bits per heavy atom. The summed E-state index contributed by atoms with van der Waals surface area (Å²) in [5, 5.41) is 0. The maximum Gasteiger partial charge on any atom is 0.417 e. The van der Waals surface area contributed by atoms with E-state index in [1.807, 2.05) is 17.0 Å². The zero-order chi connectivity index (χ0) is 27.0. The van der Waals surface area contributed by atoms with E-state index in [4.69, 9.17) is 5.73 Å². The molecule has 0 radical (unpaired) electrons. The van der Waals surface area contributed by atoms with Gasteiger partial charge in [0, 0.05) is 69.7 Å². The second-order valence-corrected chi connectivity index (χ2v) is 10.1. The van der Waals surface area contributed by atoms with Gasteiger partial charge in [-0.1, -0.05) is 12.1 Å². The fourth-order valence-corrected chi connectivity index (χ4v) is 5.42. The lowest BCUT2D eigenvalue weighted by atomic mass is 10.0. The summed E-state index contributed by atoms with van der Waals surface area (Å²) in [5.41, 5.74) is 6.31. The minimum atomic E-state index is -4.65. The van der Waals surface area contributed by atoms with Crippen molar-refractivity contribution in [3.63, 3.8) is 0 Å². The van der Waals surface area contributed by atoms with Gasteiger partial charge in [-0.2, -0.15) is 13.2 Å². The summed E-state index contributed by atoms with van der Waals surface area (Å²) in [6.07, 6.45) is -2.06. The molecule has 3 amide bonds. The molecule has 204 valence electrons. The number of hydrogen-bond donors (Lipinski definition) is 1. The summed E-state index contributed by atoms with van der Waals surface area (Å²) in [5.74, 6) is -1.13. The minimum Gasteiger partial charge on any atom is -0.354 e. The van der Waals surface area contributed by atoms with E-state index < -0.39 is 17.6 Å². The Morgan fingerprint density at radius 1 is 1.03 bits per heavy atom. The zero-order valence-corrected chi connectivity index (χ0v) is 20.8. The molecule has 2 aromatic rings. The molecular formula is C26H30F4N6O2. The van der Waals surface area contributed by atoms with Crippen molar-refractivity contribution in [2.45, 2.75) is 44.1 Å². The first kappa shape index (κ1) is 26.2. The highest BCUT2D eigenvalue weighted by Crippen LogP contribution is 2.32. The van der Waals surface area contributed by atoms with Crippen molar-refractivity contribution in [3.05, 3.63) is 59.0 Å². The number of likely N-dealkylation sites (tertiary alicyclic amines) is 1. The van der Waals surface area contributed by atoms with Gasteiger partial charge in [0.15, 0.2) is 11.6 Å². The van der Waals surface area contributed by atoms with E-state index in [0.717, 1.165) is 12.0 Å². The topological polar surface area (TPSA) is 86.0 Å². The van der Waals surface area contributed by atoms with Crippen LogP contribution < -0.4 is 10.6 Å². The summed E-state index contributed by atoms with van der Waals surface area (Å²) in [6.45, 7) is 3.57. The smallest absolute Gasteiger partial charge is 0.354 e. The average Bonchev–Trinajstić information content (AvgIpc) is 3.49. The Hall–Kier alpha value is -3.41. The first-order valence-electron chi connectivity index (χ1n) is 12.8. The number of halogens is 4. The lowest BCUT2D eigenvalue weighted by Crippen LogP contribution is -2.47. The molecule has 3 aliphatic rings. The molecule has 0 spiro atoms. The van der Waals surface area contributed by atoms with E-state index in [1.165, 1.54) is 0 Å². The van der Waals surface area contributed by atoms with Crippen LogP contribution in [0.25, 0.3) is 0 Å². The second-order valence-electron chi connectivity index (χ2n) is 10.1. The van der Waals surface area contributed by atoms with Crippen LogP contribution in [0.4, 0.5) is 28.2 Å². The van der Waals surface area contributed by atoms with Crippen molar-refractivity contribution in [3.8, 4) is 0 Å². The number of alkyl halides is 3. The molecule has 3 saturated heterocycles. The highest BCUT2D eigenvalue weighted by Gasteiger charge is 2.37. The lowest BCUT2D eigenvalue weighted by Gasteiger charge is -2.37. The fraction of sp³-hybridized carbons (Fsp3) is 0.500. The fourth-order valence-electron chi connectivity index (χ4n) is 5.42. The second kappa shape index (κ2) is 10.4. The van der Waals surface area contributed by atoms with Gasteiger partial charge in [0.05, 0.1) is 5.56 Å². The van der Waals surface area contributed by atoms with E-state index in [0.29, 0.717) is 76.5 Å². The minimum absolute atomic E-state index is 0.0252. The standard InChI is InChI=1S/C26H30F4N6O2/c27-22-13-19(26(28,29)30)14-32-23(22)33-9-6-21(7-10-33)36-12-11-35(25(36)38)15-17-1-3-18(4-2-17)24(37)34-8-5-20(31)16-34/h1-4,13-14,20-21H,5-12,15-16,31H2. The quantitative estimate of drug-likeness (QED) is 0.595. The van der Waals surface area contributed by atoms with Crippen molar-refractivity contribution in [1.29, 1.82) is 0 Å². The number of carbonyl (C=O) groups excluding carboxylic acids is 2. The molecule has 3 fully saturated rings. The monoisotopic (exact) mass is 534 g/mol. The third-order valence-electron chi connectivity index (χ3n) is 7.57. The van der Waals surface area contributed by atoms with Crippen LogP contribution in [0, 0.1) is 5.82 Å². The lowest BCUT2D eigenvalue weighted by molar-refractivity contribution is -0.138. The Morgan fingerprint density at radius 2 is 1.74 bits per heavy atom. The first-order valence-corrected chi connectivity index (χ1v) is 12.8. The zero-order valence-electron chi connectivity index (χ0n) is 20.8. The van der Waals surface area contributed by atoms with E-state index in [1.54, 1.807) is 26.8 Å². The van der Waals surface area contributed by atoms with E-state index in [-0.39, 0.29) is 29.8 Å². The molecule has 8 nitrogen and oxygen atoms in total. The third kappa shape index (κ3) is 5.40. The Balaban J connectivity index is 1.14. The van der Waals surface area contributed by atoms with Crippen LogP contribution in [0.2, 0.25) is 0 Å². The molecule has 1 aromatic carbocycles. The number of rotatable bonds is 5. The van der Waals surface area contributed by atoms with Crippen LogP contribution in [-0.2, 0) is 12.7 Å². The number of hydrogen-bond acceptors (Lipinski definition) is 5. The maximum atomic E-state index is 14.3. The van der Waals surface area contributed by atoms with E-state index in [2.05, 4.69) is 4.98 Å². The maximum absolute atomic E-state index is 14.3. The highest BCUT2D eigenvalue weighted by molar-refractivity contribution is 5.94. The number of pyridine rings is 1. The molecule has 1 atom stereocenters. The van der Waals surface area contributed by atoms with Crippen molar-refractivity contribution in [1.82, 2.24) is 19.7 Å². The number of urea groups is 1. The van der Waals surface area contributed by atoms with E-state index in [9.17, 15) is 27.2 Å². The van der Waals surface area contributed by atoms with Gasteiger partial charge >= 0.3 is 12.2 Å². The Labute approximate surface area is 218 Å². The molecule has 1 unspecified atom stereocenters. The molecule has 5 rings (SSSR count). The number of anilines is 1. The number of nitrogens with zero attached hydrogens (tertiary/aromatic N) is 5. The van der Waals surface area contributed by atoms with Crippen molar-refractivity contribution in [2.75, 3.05) is 44.2 Å². The molecule has 38 heavy (non-hydrogen) atoms. The van der Waals surface area contributed by atoms with Crippen molar-refractivity contribution < 1.29 is 27.2 Å². The Kier molecular flexibility index (Phi) is 7.17. The summed E-state index contributed by atoms with van der Waals surface area (Å²) in [6, 6.07) is 7.68. The van der Waals surface area contributed by atoms with Crippen LogP contribution in [0.15, 0.2) is 36.5 Å². The van der Waals surface area contributed by atoms with Gasteiger partial charge in [0.1, 0.15) is 0 Å². The molecule has 3 aliphatic heterocycles. The number of nitrogens with two attached hydrogens (primary N) is 1. The number of benzene rings is 1. The van der Waals surface area contributed by atoms with Gasteiger partial charge in [-0.05, 0) is 43.0 Å². The summed E-state index contributed by atoms with van der Waals surface area (Å²) >= 11 is 0. The van der Waals surface area contributed by atoms with Gasteiger partial charge in [-0.25, -0.2) is 14.2 Å². The molecule has 0 bridgehead atoms. The van der Waals surface area contributed by atoms with Crippen LogP contribution in [-0.4, -0.2) is 83.0 Å². The molecular weight excluding hydrogens is 504 g/mol. The molecule has 0 aliphatic carbocycles. The predicted molar refractivity (Wildman–Crippen MR) is 132 cm³/mol. The molecule has 2 N–H and O–H groups in total. The van der Waals surface area contributed by atoms with Crippen LogP contribution in [0.5, 0.6) is 0 Å². The summed E-state index contributed by atoms with van der Waals surface area (Å²) in [7, 11) is 0. The highest BCUT2D eigenvalue weighted by atomic mass is 19.4. The SMILES string of the molecule is NC1CCN(C(=O)c2ccc(CN3CCN(C4CCN(c5ncc(C(F)(F)F)cc5F)CC4)C3=O)cc2)C1. The molecule has 0 saturated carbocycles. The molecule has 4 heterocycles. The van der Waals surface area contributed by atoms with Crippen LogP contribution in [0.1, 0.15) is 40.7 Å². The van der Waals surface area contributed by atoms with Gasteiger partial charge in [0.25, 0.3) is 5.91 Å². The summed E-state index contributed by atoms with van der Waals surface area (Å²) in [4.78, 5) is 36.4. The molecule has 12 heteroatoms. The predicted octanol–water partition coefficient (Wildman–Crippen LogP) is 3.32. The first-order chi connectivity index (χ1) is 18.1. The largest absolute Gasteiger partial charge is 0.417 e. The van der Waals surface area contributed by atoms with Crippen molar-refractivity contribution in [2.24, 2.45) is 5.73 Å². The van der Waals surface area contributed by atoms with Gasteiger partial charge < -0.3 is 25.3 Å².